The Morgan fingerprint density at radius 3 is 0.958 bits per heavy atom. The number of ether oxygens (including phenoxy) is 2. The van der Waals surface area contributed by atoms with E-state index in [-0.39, 0.29) is 5.79 Å². The highest BCUT2D eigenvalue weighted by Gasteiger charge is 2.74. The molecule has 2 heteroatoms. The third-order valence-corrected chi connectivity index (χ3v) is 10.00. The molecule has 2 nitrogen and oxygen atoms in total. The predicted molar refractivity (Wildman–Crippen MR) is 91.0 cm³/mol. The molecule has 0 unspecified atom stereocenters. The van der Waals surface area contributed by atoms with Gasteiger partial charge >= 0.3 is 0 Å². The molecule has 1 aliphatic heterocycles. The van der Waals surface area contributed by atoms with Crippen molar-refractivity contribution in [3.8, 4) is 0 Å². The lowest BCUT2D eigenvalue weighted by Gasteiger charge is -2.73. The average molecular weight is 328 g/mol. The first-order valence-electron chi connectivity index (χ1n) is 11.0. The third-order valence-electron chi connectivity index (χ3n) is 10.00. The van der Waals surface area contributed by atoms with E-state index in [4.69, 9.17) is 9.47 Å². The molecule has 0 radical (unpaired) electrons. The molecule has 1 saturated heterocycles. The molecule has 0 spiro atoms. The lowest BCUT2D eigenvalue weighted by molar-refractivity contribution is -0.504. The van der Waals surface area contributed by atoms with E-state index < -0.39 is 0 Å². The van der Waals surface area contributed by atoms with Crippen molar-refractivity contribution in [2.45, 2.75) is 82.8 Å². The highest BCUT2D eigenvalue weighted by atomic mass is 16.9. The fraction of sp³-hybridized carbons (Fsp3) is 1.00. The maximum Gasteiger partial charge on any atom is 0.185 e. The first-order valence-corrected chi connectivity index (χ1v) is 11.0. The van der Waals surface area contributed by atoms with Crippen molar-refractivity contribution in [2.75, 3.05) is 6.79 Å². The largest absolute Gasteiger partial charge is 0.322 e. The lowest BCUT2D eigenvalue weighted by Crippen LogP contribution is -2.74. The van der Waals surface area contributed by atoms with Gasteiger partial charge in [-0.25, -0.2) is 0 Å². The number of hydrogen-bond donors (Lipinski definition) is 0. The van der Waals surface area contributed by atoms with Crippen LogP contribution in [0.15, 0.2) is 0 Å². The highest BCUT2D eigenvalue weighted by molar-refractivity contribution is 5.18. The second-order valence-electron chi connectivity index (χ2n) is 11.4. The van der Waals surface area contributed by atoms with Crippen LogP contribution in [0.2, 0.25) is 0 Å². The van der Waals surface area contributed by atoms with Crippen molar-refractivity contribution in [1.82, 2.24) is 0 Å². The minimum atomic E-state index is -0.161. The fourth-order valence-corrected chi connectivity index (χ4v) is 10.4. The Balaban J connectivity index is 1.34. The molecular formula is C22H32O2. The van der Waals surface area contributed by atoms with Gasteiger partial charge in [-0.3, -0.25) is 0 Å². The Morgan fingerprint density at radius 1 is 0.458 bits per heavy atom. The topological polar surface area (TPSA) is 18.5 Å². The Labute approximate surface area is 146 Å². The number of hydrogen-bond acceptors (Lipinski definition) is 2. The van der Waals surface area contributed by atoms with Crippen molar-refractivity contribution in [3.63, 3.8) is 0 Å². The van der Waals surface area contributed by atoms with Crippen LogP contribution in [0.1, 0.15) is 77.0 Å². The standard InChI is InChI=1S/C22H32O2/c1-14-2-16-3-15(1)8-20(7-14,9-16)22(23-13-24-22)21-10-17-4-18(11-21)6-19(5-17)12-21/h14-19H,1-13H2. The van der Waals surface area contributed by atoms with E-state index in [0.29, 0.717) is 17.6 Å². The summed E-state index contributed by atoms with van der Waals surface area (Å²) in [6, 6.07) is 0. The molecule has 0 N–H and O–H groups in total. The van der Waals surface area contributed by atoms with Crippen molar-refractivity contribution in [1.29, 1.82) is 0 Å². The molecule has 1 heterocycles. The van der Waals surface area contributed by atoms with Gasteiger partial charge in [-0.1, -0.05) is 0 Å². The van der Waals surface area contributed by atoms with Crippen LogP contribution in [0.5, 0.6) is 0 Å². The average Bonchev–Trinajstić information content (AvgIpc) is 2.41. The summed E-state index contributed by atoms with van der Waals surface area (Å²) in [4.78, 5) is 0. The molecule has 0 aromatic carbocycles. The van der Waals surface area contributed by atoms with Crippen LogP contribution in [-0.2, 0) is 9.47 Å². The molecule has 9 fully saturated rings. The first-order chi connectivity index (χ1) is 11.7. The molecular weight excluding hydrogens is 296 g/mol. The van der Waals surface area contributed by atoms with Gasteiger partial charge in [0.2, 0.25) is 0 Å². The summed E-state index contributed by atoms with van der Waals surface area (Å²) in [5.41, 5.74) is 0.789. The van der Waals surface area contributed by atoms with Crippen LogP contribution >= 0.6 is 0 Å². The Hall–Kier alpha value is -0.0800. The van der Waals surface area contributed by atoms with Gasteiger partial charge in [0.15, 0.2) is 12.6 Å². The highest BCUT2D eigenvalue weighted by Crippen LogP contribution is 2.75. The van der Waals surface area contributed by atoms with Gasteiger partial charge in [-0.2, -0.15) is 0 Å². The third kappa shape index (κ3) is 1.50. The summed E-state index contributed by atoms with van der Waals surface area (Å²) in [5.74, 6) is 5.81. The molecule has 9 rings (SSSR count). The minimum Gasteiger partial charge on any atom is -0.322 e. The van der Waals surface area contributed by atoms with Gasteiger partial charge in [0, 0.05) is 10.8 Å². The molecule has 24 heavy (non-hydrogen) atoms. The van der Waals surface area contributed by atoms with E-state index in [9.17, 15) is 0 Å². The monoisotopic (exact) mass is 328 g/mol. The molecule has 8 aliphatic carbocycles. The maximum absolute atomic E-state index is 6.67. The molecule has 9 aliphatic rings. The van der Waals surface area contributed by atoms with Crippen LogP contribution in [0.25, 0.3) is 0 Å². The Bertz CT molecular complexity index is 458. The van der Waals surface area contributed by atoms with E-state index in [1.807, 2.05) is 0 Å². The molecule has 0 amide bonds. The van der Waals surface area contributed by atoms with Crippen molar-refractivity contribution in [2.24, 2.45) is 46.3 Å². The summed E-state index contributed by atoms with van der Waals surface area (Å²) >= 11 is 0. The second-order valence-corrected chi connectivity index (χ2v) is 11.4. The summed E-state index contributed by atoms with van der Waals surface area (Å²) in [5, 5.41) is 0. The van der Waals surface area contributed by atoms with E-state index in [1.54, 1.807) is 0 Å². The Morgan fingerprint density at radius 2 is 0.750 bits per heavy atom. The number of rotatable bonds is 2. The summed E-state index contributed by atoms with van der Waals surface area (Å²) < 4.78 is 13.3. The normalized spacial score (nSPS) is 62.0. The van der Waals surface area contributed by atoms with E-state index in [0.717, 1.165) is 35.5 Å². The van der Waals surface area contributed by atoms with Crippen LogP contribution in [0.3, 0.4) is 0 Å². The zero-order chi connectivity index (χ0) is 15.6. The van der Waals surface area contributed by atoms with E-state index in [2.05, 4.69) is 0 Å². The zero-order valence-electron chi connectivity index (χ0n) is 15.0. The van der Waals surface area contributed by atoms with E-state index >= 15 is 0 Å². The van der Waals surface area contributed by atoms with Crippen molar-refractivity contribution in [3.05, 3.63) is 0 Å². The van der Waals surface area contributed by atoms with Crippen LogP contribution in [-0.4, -0.2) is 12.6 Å². The molecule has 8 bridgehead atoms. The summed E-state index contributed by atoms with van der Waals surface area (Å²) in [7, 11) is 0. The molecule has 0 aromatic rings. The summed E-state index contributed by atoms with van der Waals surface area (Å²) in [6.45, 7) is 0.587. The van der Waals surface area contributed by atoms with Gasteiger partial charge in [0.25, 0.3) is 0 Å². The molecule has 0 aromatic heterocycles. The fourth-order valence-electron chi connectivity index (χ4n) is 10.4. The maximum atomic E-state index is 6.67. The van der Waals surface area contributed by atoms with Crippen LogP contribution in [0.4, 0.5) is 0 Å². The molecule has 8 saturated carbocycles. The molecule has 132 valence electrons. The summed E-state index contributed by atoms with van der Waals surface area (Å²) in [6.07, 6.45) is 17.7. The van der Waals surface area contributed by atoms with Gasteiger partial charge in [-0.15, -0.1) is 0 Å². The zero-order valence-corrected chi connectivity index (χ0v) is 15.0. The lowest BCUT2D eigenvalue weighted by atomic mass is 9.39. The smallest absolute Gasteiger partial charge is 0.185 e. The van der Waals surface area contributed by atoms with E-state index in [1.165, 1.54) is 77.0 Å². The Kier molecular flexibility index (Phi) is 2.48. The quantitative estimate of drug-likeness (QED) is 0.700. The van der Waals surface area contributed by atoms with Gasteiger partial charge < -0.3 is 9.47 Å². The van der Waals surface area contributed by atoms with Crippen molar-refractivity contribution >= 4 is 0 Å². The van der Waals surface area contributed by atoms with Crippen LogP contribution in [0, 0.1) is 46.3 Å². The van der Waals surface area contributed by atoms with Gasteiger partial charge in [0.05, 0.1) is 0 Å². The predicted octanol–water partition coefficient (Wildman–Crippen LogP) is 5.12. The molecule has 0 atom stereocenters. The SMILES string of the molecule is C1OC(C23CC4CC(CC(C4)C2)C3)(C23CC4CC(CC(C4)C2)C3)O1. The minimum absolute atomic E-state index is 0.161. The first kappa shape index (κ1) is 14.0. The van der Waals surface area contributed by atoms with Crippen LogP contribution < -0.4 is 0 Å². The van der Waals surface area contributed by atoms with Crippen molar-refractivity contribution < 1.29 is 9.47 Å². The second kappa shape index (κ2) is 4.25. The van der Waals surface area contributed by atoms with Gasteiger partial charge in [0.1, 0.15) is 0 Å². The van der Waals surface area contributed by atoms with Gasteiger partial charge in [-0.05, 0) is 113 Å².